The maximum Gasteiger partial charge on any atom is 0.326 e. The van der Waals surface area contributed by atoms with Crippen molar-refractivity contribution in [1.82, 2.24) is 10.2 Å². The van der Waals surface area contributed by atoms with E-state index in [9.17, 15) is 14.7 Å². The van der Waals surface area contributed by atoms with Crippen LogP contribution in [0.1, 0.15) is 13.3 Å². The summed E-state index contributed by atoms with van der Waals surface area (Å²) >= 11 is 0. The third-order valence-electron chi connectivity index (χ3n) is 3.40. The molecule has 8 heteroatoms. The lowest BCUT2D eigenvalue weighted by Crippen LogP contribution is -2.45. The van der Waals surface area contributed by atoms with Gasteiger partial charge in [0, 0.05) is 13.0 Å². The fourth-order valence-electron chi connectivity index (χ4n) is 2.46. The highest BCUT2D eigenvalue weighted by Gasteiger charge is 2.52. The van der Waals surface area contributed by atoms with Gasteiger partial charge in [-0.15, -0.1) is 0 Å². The Morgan fingerprint density at radius 2 is 2.15 bits per heavy atom. The lowest BCUT2D eigenvalue weighted by Gasteiger charge is -2.23. The van der Waals surface area contributed by atoms with Crippen LogP contribution in [0, 0.1) is 0 Å². The molecule has 0 aromatic carbocycles. The molecule has 2 heterocycles. The Morgan fingerprint density at radius 1 is 1.45 bits per heavy atom. The van der Waals surface area contributed by atoms with Gasteiger partial charge in [0.25, 0.3) is 0 Å². The van der Waals surface area contributed by atoms with Crippen molar-refractivity contribution in [2.75, 3.05) is 39.6 Å². The highest BCUT2D eigenvalue weighted by molar-refractivity contribution is 5.85. The largest absolute Gasteiger partial charge is 0.480 e. The van der Waals surface area contributed by atoms with Crippen LogP contribution in [0.15, 0.2) is 0 Å². The number of aliphatic carboxylic acids is 1. The zero-order valence-electron chi connectivity index (χ0n) is 11.5. The highest BCUT2D eigenvalue weighted by Crippen LogP contribution is 2.34. The molecule has 0 saturated carbocycles. The summed E-state index contributed by atoms with van der Waals surface area (Å²) in [4.78, 5) is 24.7. The molecular weight excluding hydrogens is 268 g/mol. The molecule has 114 valence electrons. The maximum absolute atomic E-state index is 12.1. The second-order valence-corrected chi connectivity index (χ2v) is 4.75. The maximum atomic E-state index is 12.1. The summed E-state index contributed by atoms with van der Waals surface area (Å²) in [6.45, 7) is 3.69. The molecule has 2 rings (SSSR count). The van der Waals surface area contributed by atoms with Crippen molar-refractivity contribution < 1.29 is 28.9 Å². The molecule has 0 aromatic heterocycles. The van der Waals surface area contributed by atoms with Crippen molar-refractivity contribution in [3.8, 4) is 0 Å². The Kier molecular flexibility index (Phi) is 4.92. The number of hydrogen-bond donors (Lipinski definition) is 2. The minimum absolute atomic E-state index is 0.0276. The number of amides is 1. The van der Waals surface area contributed by atoms with E-state index >= 15 is 0 Å². The number of rotatable bonds is 6. The Hall–Kier alpha value is -1.22. The van der Waals surface area contributed by atoms with Crippen LogP contribution >= 0.6 is 0 Å². The third kappa shape index (κ3) is 3.26. The first kappa shape index (κ1) is 15.2. The normalized spacial score (nSPS) is 24.4. The number of nitrogens with one attached hydrogen (secondary N) is 1. The van der Waals surface area contributed by atoms with Gasteiger partial charge in [-0.1, -0.05) is 0 Å². The van der Waals surface area contributed by atoms with Crippen molar-refractivity contribution in [3.63, 3.8) is 0 Å². The number of carboxylic acid groups (broad SMARTS) is 1. The van der Waals surface area contributed by atoms with Gasteiger partial charge in [0.1, 0.15) is 6.04 Å². The van der Waals surface area contributed by atoms with Crippen LogP contribution in [0.3, 0.4) is 0 Å². The molecule has 2 N–H and O–H groups in total. The summed E-state index contributed by atoms with van der Waals surface area (Å²) in [5.74, 6) is -2.29. The van der Waals surface area contributed by atoms with Gasteiger partial charge in [-0.3, -0.25) is 10.1 Å². The monoisotopic (exact) mass is 288 g/mol. The molecule has 0 radical (unpaired) electrons. The standard InChI is InChI=1S/C12H20N2O6/c1-2-18-8-13-6-10(15)14-7-12(19-3-4-20-12)5-9(14)11(16)17/h9,13H,2-8H2,1H3,(H,16,17)/t9-/m0/s1. The summed E-state index contributed by atoms with van der Waals surface area (Å²) < 4.78 is 16.0. The Morgan fingerprint density at radius 3 is 2.75 bits per heavy atom. The van der Waals surface area contributed by atoms with E-state index in [2.05, 4.69) is 5.32 Å². The molecule has 0 aromatic rings. The smallest absolute Gasteiger partial charge is 0.326 e. The molecule has 1 atom stereocenters. The van der Waals surface area contributed by atoms with Crippen LogP contribution in [0.2, 0.25) is 0 Å². The first-order chi connectivity index (χ1) is 9.58. The lowest BCUT2D eigenvalue weighted by atomic mass is 10.1. The number of ether oxygens (including phenoxy) is 3. The topological polar surface area (TPSA) is 97.3 Å². The number of carbonyl (C=O) groups excluding carboxylic acids is 1. The van der Waals surface area contributed by atoms with Crippen LogP contribution in [0.25, 0.3) is 0 Å². The molecule has 2 aliphatic rings. The zero-order valence-corrected chi connectivity index (χ0v) is 11.5. The van der Waals surface area contributed by atoms with Gasteiger partial charge in [0.05, 0.1) is 33.0 Å². The van der Waals surface area contributed by atoms with Crippen molar-refractivity contribution in [3.05, 3.63) is 0 Å². The van der Waals surface area contributed by atoms with Gasteiger partial charge >= 0.3 is 5.97 Å². The Labute approximate surface area is 117 Å². The van der Waals surface area contributed by atoms with Gasteiger partial charge in [0.15, 0.2) is 5.79 Å². The molecule has 2 fully saturated rings. The van der Waals surface area contributed by atoms with Gasteiger partial charge in [-0.25, -0.2) is 4.79 Å². The summed E-state index contributed by atoms with van der Waals surface area (Å²) in [5, 5.41) is 12.0. The van der Waals surface area contributed by atoms with E-state index in [4.69, 9.17) is 14.2 Å². The molecule has 2 aliphatic heterocycles. The van der Waals surface area contributed by atoms with E-state index in [0.29, 0.717) is 19.8 Å². The summed E-state index contributed by atoms with van der Waals surface area (Å²) in [6.07, 6.45) is 0.166. The van der Waals surface area contributed by atoms with Crippen molar-refractivity contribution in [2.45, 2.75) is 25.2 Å². The zero-order chi connectivity index (χ0) is 14.6. The number of likely N-dealkylation sites (tertiary alicyclic amines) is 1. The molecular formula is C12H20N2O6. The first-order valence-electron chi connectivity index (χ1n) is 6.66. The molecule has 2 saturated heterocycles. The Balaban J connectivity index is 1.93. The third-order valence-corrected chi connectivity index (χ3v) is 3.40. The van der Waals surface area contributed by atoms with Gasteiger partial charge in [-0.05, 0) is 6.92 Å². The first-order valence-corrected chi connectivity index (χ1v) is 6.66. The van der Waals surface area contributed by atoms with Gasteiger partial charge in [-0.2, -0.15) is 0 Å². The second-order valence-electron chi connectivity index (χ2n) is 4.75. The molecule has 0 unspecified atom stereocenters. The molecule has 8 nitrogen and oxygen atoms in total. The second kappa shape index (κ2) is 6.49. The molecule has 0 aliphatic carbocycles. The predicted molar refractivity (Wildman–Crippen MR) is 66.9 cm³/mol. The quantitative estimate of drug-likeness (QED) is 0.478. The van der Waals surface area contributed by atoms with Crippen LogP contribution < -0.4 is 5.32 Å². The molecule has 1 spiro atoms. The summed E-state index contributed by atoms with van der Waals surface area (Å²) in [6, 6.07) is -0.908. The lowest BCUT2D eigenvalue weighted by molar-refractivity contribution is -0.152. The van der Waals surface area contributed by atoms with E-state index in [0.717, 1.165) is 0 Å². The summed E-state index contributed by atoms with van der Waals surface area (Å²) in [5.41, 5.74) is 0. The van der Waals surface area contributed by atoms with E-state index in [-0.39, 0.29) is 32.1 Å². The van der Waals surface area contributed by atoms with E-state index in [1.807, 2.05) is 6.92 Å². The Bertz CT molecular complexity index is 369. The number of carboxylic acids is 1. The van der Waals surface area contributed by atoms with E-state index in [1.165, 1.54) is 4.90 Å². The molecule has 1 amide bonds. The van der Waals surface area contributed by atoms with Crippen molar-refractivity contribution >= 4 is 11.9 Å². The highest BCUT2D eigenvalue weighted by atomic mass is 16.7. The number of carbonyl (C=O) groups is 2. The summed E-state index contributed by atoms with van der Waals surface area (Å²) in [7, 11) is 0. The average molecular weight is 288 g/mol. The van der Waals surface area contributed by atoms with Crippen LogP contribution in [0.5, 0.6) is 0 Å². The molecule has 20 heavy (non-hydrogen) atoms. The van der Waals surface area contributed by atoms with Gasteiger partial charge in [0.2, 0.25) is 5.91 Å². The predicted octanol–water partition coefficient (Wildman–Crippen LogP) is -1.00. The van der Waals surface area contributed by atoms with Crippen molar-refractivity contribution in [2.24, 2.45) is 0 Å². The number of hydrogen-bond acceptors (Lipinski definition) is 6. The van der Waals surface area contributed by atoms with Crippen LogP contribution in [0.4, 0.5) is 0 Å². The van der Waals surface area contributed by atoms with Crippen LogP contribution in [-0.4, -0.2) is 73.4 Å². The minimum Gasteiger partial charge on any atom is -0.480 e. The minimum atomic E-state index is -1.04. The van der Waals surface area contributed by atoms with Crippen LogP contribution in [-0.2, 0) is 23.8 Å². The number of nitrogens with zero attached hydrogens (tertiary/aromatic N) is 1. The SMILES string of the molecule is CCOCNCC(=O)N1CC2(C[C@H]1C(=O)O)OCCO2. The van der Waals surface area contributed by atoms with E-state index < -0.39 is 17.8 Å². The van der Waals surface area contributed by atoms with Crippen molar-refractivity contribution in [1.29, 1.82) is 0 Å². The fourth-order valence-corrected chi connectivity index (χ4v) is 2.46. The fraction of sp³-hybridized carbons (Fsp3) is 0.833. The average Bonchev–Trinajstić information content (AvgIpc) is 3.03. The van der Waals surface area contributed by atoms with Gasteiger partial charge < -0.3 is 24.2 Å². The molecule has 0 bridgehead atoms. The van der Waals surface area contributed by atoms with E-state index in [1.54, 1.807) is 0 Å².